The number of hydrogen-bond donors (Lipinski definition) is 2. The third-order valence-electron chi connectivity index (χ3n) is 5.74. The molecule has 1 aromatic heterocycles. The van der Waals surface area contributed by atoms with Crippen molar-refractivity contribution < 1.29 is 13.6 Å². The molecule has 5 nitrogen and oxygen atoms in total. The number of nitrogens with zero attached hydrogens (tertiary/aromatic N) is 1. The molecule has 1 fully saturated rings. The Balaban J connectivity index is 0.00000259. The van der Waals surface area contributed by atoms with E-state index in [2.05, 4.69) is 27.7 Å². The molecular weight excluding hydrogens is 441 g/mol. The molecule has 0 bridgehead atoms. The molecule has 0 radical (unpaired) electrons. The fourth-order valence-corrected chi connectivity index (χ4v) is 4.05. The van der Waals surface area contributed by atoms with Gasteiger partial charge in [0.05, 0.1) is 5.69 Å². The number of carbonyl (C=O) groups is 1. The molecule has 170 valence electrons. The normalized spacial score (nSPS) is 14.1. The standard InChI is InChI=1S/C26H24FN3O2.ClH/c27-21-8-6-19(7-9-21)26(31)29-23-4-2-1-3-22(23)25-16-20-15-18(5-10-24(20)32-25)17-30-13-11-28-12-14-30;/h1-10,15-16,28H,11-14,17H2,(H,29,31);1H. The zero-order chi connectivity index (χ0) is 21.9. The van der Waals surface area contributed by atoms with Gasteiger partial charge in [-0.05, 0) is 60.2 Å². The van der Waals surface area contributed by atoms with Crippen molar-refractivity contribution in [1.29, 1.82) is 0 Å². The predicted octanol–water partition coefficient (Wildman–Crippen LogP) is 5.32. The van der Waals surface area contributed by atoms with Crippen molar-refractivity contribution in [3.63, 3.8) is 0 Å². The summed E-state index contributed by atoms with van der Waals surface area (Å²) in [6.45, 7) is 5.07. The number of para-hydroxylation sites is 1. The number of hydrogen-bond acceptors (Lipinski definition) is 4. The Bertz CT molecular complexity index is 1250. The van der Waals surface area contributed by atoms with E-state index in [0.717, 1.165) is 49.3 Å². The molecule has 7 heteroatoms. The molecule has 1 saturated heterocycles. The van der Waals surface area contributed by atoms with Gasteiger partial charge in [-0.2, -0.15) is 0 Å². The molecule has 0 unspecified atom stereocenters. The Labute approximate surface area is 198 Å². The van der Waals surface area contributed by atoms with E-state index in [9.17, 15) is 9.18 Å². The lowest BCUT2D eigenvalue weighted by atomic mass is 10.1. The SMILES string of the molecule is Cl.O=C(Nc1ccccc1-c1cc2cc(CN3CCNCC3)ccc2o1)c1ccc(F)cc1. The first-order valence-electron chi connectivity index (χ1n) is 10.8. The van der Waals surface area contributed by atoms with Crippen LogP contribution in [0.5, 0.6) is 0 Å². The highest BCUT2D eigenvalue weighted by Gasteiger charge is 2.15. The highest BCUT2D eigenvalue weighted by atomic mass is 35.5. The van der Waals surface area contributed by atoms with Crippen LogP contribution in [0.25, 0.3) is 22.3 Å². The van der Waals surface area contributed by atoms with Crippen LogP contribution in [0.15, 0.2) is 77.2 Å². The van der Waals surface area contributed by atoms with Crippen LogP contribution in [0.3, 0.4) is 0 Å². The molecule has 2 heterocycles. The molecule has 3 aromatic carbocycles. The van der Waals surface area contributed by atoms with Crippen molar-refractivity contribution in [2.24, 2.45) is 0 Å². The molecule has 1 aliphatic heterocycles. The number of benzene rings is 3. The summed E-state index contributed by atoms with van der Waals surface area (Å²) in [5.41, 5.74) is 3.89. The number of amides is 1. The molecule has 0 aliphatic carbocycles. The zero-order valence-corrected chi connectivity index (χ0v) is 18.8. The second kappa shape index (κ2) is 10.2. The van der Waals surface area contributed by atoms with Gasteiger partial charge in [-0.25, -0.2) is 4.39 Å². The van der Waals surface area contributed by atoms with Gasteiger partial charge in [0, 0.05) is 49.2 Å². The number of carbonyl (C=O) groups excluding carboxylic acids is 1. The molecular formula is C26H25ClFN3O2. The maximum absolute atomic E-state index is 13.2. The van der Waals surface area contributed by atoms with Gasteiger partial charge in [0.15, 0.2) is 0 Å². The van der Waals surface area contributed by atoms with Crippen molar-refractivity contribution in [3.8, 4) is 11.3 Å². The van der Waals surface area contributed by atoms with E-state index in [4.69, 9.17) is 4.42 Å². The van der Waals surface area contributed by atoms with Crippen LogP contribution in [-0.2, 0) is 6.54 Å². The molecule has 2 N–H and O–H groups in total. The van der Waals surface area contributed by atoms with E-state index >= 15 is 0 Å². The second-order valence-electron chi connectivity index (χ2n) is 8.02. The van der Waals surface area contributed by atoms with E-state index < -0.39 is 0 Å². The number of anilines is 1. The van der Waals surface area contributed by atoms with Gasteiger partial charge in [-0.3, -0.25) is 9.69 Å². The molecule has 0 spiro atoms. The van der Waals surface area contributed by atoms with Crippen LogP contribution in [-0.4, -0.2) is 37.0 Å². The number of piperazine rings is 1. The van der Waals surface area contributed by atoms with Crippen LogP contribution >= 0.6 is 12.4 Å². The van der Waals surface area contributed by atoms with Gasteiger partial charge in [0.1, 0.15) is 17.2 Å². The topological polar surface area (TPSA) is 57.5 Å². The summed E-state index contributed by atoms with van der Waals surface area (Å²) in [6, 6.07) is 21.3. The average molecular weight is 466 g/mol. The summed E-state index contributed by atoms with van der Waals surface area (Å²) in [6.07, 6.45) is 0. The van der Waals surface area contributed by atoms with Crippen molar-refractivity contribution in [1.82, 2.24) is 10.2 Å². The minimum Gasteiger partial charge on any atom is -0.456 e. The lowest BCUT2D eigenvalue weighted by Gasteiger charge is -2.27. The Hall–Kier alpha value is -3.19. The first kappa shape index (κ1) is 23.0. The number of furan rings is 1. The highest BCUT2D eigenvalue weighted by molar-refractivity contribution is 6.06. The Morgan fingerprint density at radius 2 is 1.76 bits per heavy atom. The minimum atomic E-state index is -0.374. The third-order valence-corrected chi connectivity index (χ3v) is 5.74. The van der Waals surface area contributed by atoms with Gasteiger partial charge >= 0.3 is 0 Å². The van der Waals surface area contributed by atoms with E-state index in [1.165, 1.54) is 29.8 Å². The Morgan fingerprint density at radius 1 is 1.00 bits per heavy atom. The van der Waals surface area contributed by atoms with Crippen molar-refractivity contribution in [2.75, 3.05) is 31.5 Å². The summed E-state index contributed by atoms with van der Waals surface area (Å²) in [4.78, 5) is 15.1. The predicted molar refractivity (Wildman–Crippen MR) is 131 cm³/mol. The Kier molecular flexibility index (Phi) is 7.08. The smallest absolute Gasteiger partial charge is 0.255 e. The maximum Gasteiger partial charge on any atom is 0.255 e. The van der Waals surface area contributed by atoms with Crippen molar-refractivity contribution in [3.05, 3.63) is 89.7 Å². The zero-order valence-electron chi connectivity index (χ0n) is 18.0. The molecule has 0 atom stereocenters. The highest BCUT2D eigenvalue weighted by Crippen LogP contribution is 2.33. The summed E-state index contributed by atoms with van der Waals surface area (Å²) < 4.78 is 19.3. The fraction of sp³-hybridized carbons (Fsp3) is 0.192. The van der Waals surface area contributed by atoms with Crippen molar-refractivity contribution >= 4 is 35.0 Å². The quantitative estimate of drug-likeness (QED) is 0.419. The van der Waals surface area contributed by atoms with E-state index in [0.29, 0.717) is 17.0 Å². The molecule has 33 heavy (non-hydrogen) atoms. The van der Waals surface area contributed by atoms with Crippen LogP contribution < -0.4 is 10.6 Å². The first-order valence-corrected chi connectivity index (χ1v) is 10.8. The van der Waals surface area contributed by atoms with Crippen LogP contribution in [0.4, 0.5) is 10.1 Å². The van der Waals surface area contributed by atoms with E-state index in [1.807, 2.05) is 36.4 Å². The summed E-state index contributed by atoms with van der Waals surface area (Å²) in [7, 11) is 0. The molecule has 4 aromatic rings. The van der Waals surface area contributed by atoms with Gasteiger partial charge in [0.2, 0.25) is 0 Å². The average Bonchev–Trinajstić information content (AvgIpc) is 3.24. The lowest BCUT2D eigenvalue weighted by molar-refractivity contribution is 0.102. The van der Waals surface area contributed by atoms with Gasteiger partial charge in [0.25, 0.3) is 5.91 Å². The van der Waals surface area contributed by atoms with E-state index in [1.54, 1.807) is 0 Å². The number of halogens is 2. The summed E-state index contributed by atoms with van der Waals surface area (Å²) in [5.74, 6) is 0.0155. The maximum atomic E-state index is 13.2. The first-order chi connectivity index (χ1) is 15.7. The Morgan fingerprint density at radius 3 is 2.55 bits per heavy atom. The van der Waals surface area contributed by atoms with Crippen LogP contribution in [0.1, 0.15) is 15.9 Å². The van der Waals surface area contributed by atoms with E-state index in [-0.39, 0.29) is 24.1 Å². The second-order valence-corrected chi connectivity index (χ2v) is 8.02. The third kappa shape index (κ3) is 5.25. The number of rotatable bonds is 5. The van der Waals surface area contributed by atoms with Crippen LogP contribution in [0, 0.1) is 5.82 Å². The molecule has 5 rings (SSSR count). The van der Waals surface area contributed by atoms with Gasteiger partial charge < -0.3 is 15.1 Å². The summed E-state index contributed by atoms with van der Waals surface area (Å²) in [5, 5.41) is 7.34. The number of fused-ring (bicyclic) bond motifs is 1. The molecule has 1 amide bonds. The van der Waals surface area contributed by atoms with Crippen molar-refractivity contribution in [2.45, 2.75) is 6.54 Å². The van der Waals surface area contributed by atoms with Gasteiger partial charge in [-0.1, -0.05) is 18.2 Å². The van der Waals surface area contributed by atoms with Gasteiger partial charge in [-0.15, -0.1) is 12.4 Å². The minimum absolute atomic E-state index is 0. The molecule has 1 aliphatic rings. The molecule has 0 saturated carbocycles. The number of nitrogens with one attached hydrogen (secondary N) is 2. The fourth-order valence-electron chi connectivity index (χ4n) is 4.05. The lowest BCUT2D eigenvalue weighted by Crippen LogP contribution is -2.42. The largest absolute Gasteiger partial charge is 0.456 e. The van der Waals surface area contributed by atoms with Crippen LogP contribution in [0.2, 0.25) is 0 Å². The monoisotopic (exact) mass is 465 g/mol. The summed E-state index contributed by atoms with van der Waals surface area (Å²) >= 11 is 0.